The van der Waals surface area contributed by atoms with Crippen LogP contribution in [0, 0.1) is 11.3 Å². The van der Waals surface area contributed by atoms with Gasteiger partial charge in [-0.3, -0.25) is 0 Å². The number of carboxylic acid groups (broad SMARTS) is 1. The molecule has 6 heteroatoms. The van der Waals surface area contributed by atoms with Crippen LogP contribution in [0.4, 0.5) is 9.59 Å². The van der Waals surface area contributed by atoms with Crippen molar-refractivity contribution >= 4 is 22.9 Å². The lowest BCUT2D eigenvalue weighted by atomic mass is 9.93. The highest BCUT2D eigenvalue weighted by Gasteiger charge is 2.38. The van der Waals surface area contributed by atoms with Gasteiger partial charge in [-0.15, -0.1) is 0 Å². The summed E-state index contributed by atoms with van der Waals surface area (Å²) in [4.78, 5) is 24.2. The van der Waals surface area contributed by atoms with Gasteiger partial charge in [-0.2, -0.15) is 5.26 Å². The predicted molar refractivity (Wildman–Crippen MR) is 83.4 cm³/mol. The quantitative estimate of drug-likeness (QED) is 0.844. The van der Waals surface area contributed by atoms with Crippen LogP contribution in [0.5, 0.6) is 0 Å². The number of fused-ring (bicyclic) bond motifs is 1. The van der Waals surface area contributed by atoms with E-state index in [1.807, 2.05) is 36.4 Å². The lowest BCUT2D eigenvalue weighted by Crippen LogP contribution is -2.49. The Labute approximate surface area is 132 Å². The maximum absolute atomic E-state index is 12.0. The van der Waals surface area contributed by atoms with Crippen molar-refractivity contribution in [1.29, 1.82) is 5.26 Å². The van der Waals surface area contributed by atoms with E-state index in [9.17, 15) is 20.0 Å². The molecule has 1 heterocycles. The molecule has 0 spiro atoms. The van der Waals surface area contributed by atoms with Crippen molar-refractivity contribution in [1.82, 2.24) is 10.2 Å². The van der Waals surface area contributed by atoms with E-state index in [1.54, 1.807) is 19.1 Å². The van der Waals surface area contributed by atoms with Crippen LogP contribution >= 0.6 is 0 Å². The molecular weight excluding hydrogens is 294 g/mol. The summed E-state index contributed by atoms with van der Waals surface area (Å²) < 4.78 is 0. The summed E-state index contributed by atoms with van der Waals surface area (Å²) in [7, 11) is 0. The average molecular weight is 307 g/mol. The normalized spacial score (nSPS) is 17.8. The first-order chi connectivity index (χ1) is 11.0. The molecule has 2 aromatic carbocycles. The van der Waals surface area contributed by atoms with Gasteiger partial charge in [0.2, 0.25) is 0 Å². The van der Waals surface area contributed by atoms with Crippen LogP contribution in [0.25, 0.3) is 10.8 Å². The molecule has 1 atom stereocenters. The van der Waals surface area contributed by atoms with E-state index in [0.29, 0.717) is 16.2 Å². The molecule has 0 saturated carbocycles. The van der Waals surface area contributed by atoms with E-state index in [2.05, 4.69) is 5.32 Å². The minimum Gasteiger partial charge on any atom is -0.465 e. The number of carbonyl (C=O) groups is 2. The van der Waals surface area contributed by atoms with Gasteiger partial charge in [0.25, 0.3) is 0 Å². The van der Waals surface area contributed by atoms with Crippen LogP contribution in [0.1, 0.15) is 18.5 Å². The summed E-state index contributed by atoms with van der Waals surface area (Å²) in [6.45, 7) is 1.59. The first-order valence-corrected chi connectivity index (χ1v) is 6.95. The zero-order chi connectivity index (χ0) is 16.6. The molecule has 0 radical (unpaired) electrons. The highest BCUT2D eigenvalue weighted by molar-refractivity contribution is 5.94. The number of nitrogens with one attached hydrogen (secondary N) is 1. The van der Waals surface area contributed by atoms with Crippen LogP contribution in [0.2, 0.25) is 0 Å². The Hall–Kier alpha value is -3.33. The fraction of sp³-hybridized carbons (Fsp3) is 0.118. The molecule has 1 aliphatic heterocycles. The molecule has 0 saturated heterocycles. The Morgan fingerprint density at radius 1 is 1.26 bits per heavy atom. The molecule has 114 valence electrons. The second-order valence-electron chi connectivity index (χ2n) is 5.24. The van der Waals surface area contributed by atoms with Crippen molar-refractivity contribution in [3.63, 3.8) is 0 Å². The number of imide groups is 1. The van der Waals surface area contributed by atoms with Gasteiger partial charge in [-0.25, -0.2) is 14.5 Å². The number of carbonyl (C=O) groups excluding carboxylic acids is 1. The predicted octanol–water partition coefficient (Wildman–Crippen LogP) is 3.38. The van der Waals surface area contributed by atoms with Gasteiger partial charge in [-0.1, -0.05) is 36.4 Å². The number of rotatable bonds is 1. The van der Waals surface area contributed by atoms with E-state index >= 15 is 0 Å². The molecule has 23 heavy (non-hydrogen) atoms. The van der Waals surface area contributed by atoms with E-state index in [4.69, 9.17) is 0 Å². The highest BCUT2D eigenvalue weighted by atomic mass is 16.4. The van der Waals surface area contributed by atoms with Crippen LogP contribution in [0.3, 0.4) is 0 Å². The maximum atomic E-state index is 12.0. The van der Waals surface area contributed by atoms with Crippen LogP contribution in [-0.2, 0) is 0 Å². The van der Waals surface area contributed by atoms with E-state index < -0.39 is 18.2 Å². The second-order valence-corrected chi connectivity index (χ2v) is 5.24. The molecule has 0 bridgehead atoms. The molecule has 0 fully saturated rings. The number of nitriles is 1. The highest BCUT2D eigenvalue weighted by Crippen LogP contribution is 2.34. The summed E-state index contributed by atoms with van der Waals surface area (Å²) in [5, 5.41) is 23.1. The van der Waals surface area contributed by atoms with Gasteiger partial charge < -0.3 is 10.4 Å². The molecule has 2 aromatic rings. The fourth-order valence-electron chi connectivity index (χ4n) is 2.78. The van der Waals surface area contributed by atoms with Crippen molar-refractivity contribution in [2.45, 2.75) is 13.0 Å². The summed E-state index contributed by atoms with van der Waals surface area (Å²) >= 11 is 0. The average Bonchev–Trinajstić information content (AvgIpc) is 2.53. The third-order valence-electron chi connectivity index (χ3n) is 3.86. The van der Waals surface area contributed by atoms with Gasteiger partial charge in [0.15, 0.2) is 0 Å². The Kier molecular flexibility index (Phi) is 3.47. The number of hydrogen-bond acceptors (Lipinski definition) is 3. The monoisotopic (exact) mass is 307 g/mol. The smallest absolute Gasteiger partial charge is 0.416 e. The van der Waals surface area contributed by atoms with Crippen LogP contribution in [0.15, 0.2) is 53.7 Å². The van der Waals surface area contributed by atoms with Crippen molar-refractivity contribution in [2.75, 3.05) is 0 Å². The van der Waals surface area contributed by atoms with E-state index in [1.165, 1.54) is 0 Å². The zero-order valence-electron chi connectivity index (χ0n) is 12.3. The second kappa shape index (κ2) is 5.46. The molecule has 1 unspecified atom stereocenters. The number of benzene rings is 2. The van der Waals surface area contributed by atoms with Crippen LogP contribution in [-0.4, -0.2) is 22.1 Å². The summed E-state index contributed by atoms with van der Waals surface area (Å²) in [5.74, 6) is 0. The summed E-state index contributed by atoms with van der Waals surface area (Å²) in [6, 6.07) is 13.3. The molecule has 3 amide bonds. The summed E-state index contributed by atoms with van der Waals surface area (Å²) in [6.07, 6.45) is -1.40. The fourth-order valence-corrected chi connectivity index (χ4v) is 2.78. The Morgan fingerprint density at radius 3 is 2.61 bits per heavy atom. The zero-order valence-corrected chi connectivity index (χ0v) is 12.3. The number of urea groups is 1. The van der Waals surface area contributed by atoms with Crippen molar-refractivity contribution in [2.24, 2.45) is 0 Å². The third kappa shape index (κ3) is 2.38. The lowest BCUT2D eigenvalue weighted by molar-refractivity contribution is 0.136. The lowest BCUT2D eigenvalue weighted by Gasteiger charge is -2.33. The van der Waals surface area contributed by atoms with Crippen LogP contribution < -0.4 is 5.32 Å². The first-order valence-electron chi connectivity index (χ1n) is 6.95. The molecule has 6 nitrogen and oxygen atoms in total. The Balaban J connectivity index is 2.22. The van der Waals surface area contributed by atoms with Crippen molar-refractivity contribution < 1.29 is 14.7 Å². The minimum atomic E-state index is -1.40. The minimum absolute atomic E-state index is 0.210. The topological polar surface area (TPSA) is 93.4 Å². The summed E-state index contributed by atoms with van der Waals surface area (Å²) in [5.41, 5.74) is 1.16. The van der Waals surface area contributed by atoms with Gasteiger partial charge in [0, 0.05) is 5.70 Å². The molecule has 3 rings (SSSR count). The van der Waals surface area contributed by atoms with Crippen molar-refractivity contribution in [3.8, 4) is 6.07 Å². The molecule has 0 aromatic heterocycles. The van der Waals surface area contributed by atoms with Gasteiger partial charge in [-0.05, 0) is 29.3 Å². The Morgan fingerprint density at radius 2 is 1.96 bits per heavy atom. The molecule has 1 aliphatic rings. The maximum Gasteiger partial charge on any atom is 0.416 e. The SMILES string of the molecule is CC1=C(C#N)C(c2ccc3ccccc3c2)N(C(=O)O)C(=O)N1. The van der Waals surface area contributed by atoms with Gasteiger partial charge in [0.1, 0.15) is 6.04 Å². The number of amides is 3. The number of allylic oxidation sites excluding steroid dienone is 1. The number of nitrogens with zero attached hydrogens (tertiary/aromatic N) is 2. The van der Waals surface area contributed by atoms with Gasteiger partial charge >= 0.3 is 12.1 Å². The molecule has 0 aliphatic carbocycles. The van der Waals surface area contributed by atoms with Gasteiger partial charge in [0.05, 0.1) is 11.6 Å². The largest absolute Gasteiger partial charge is 0.465 e. The van der Waals surface area contributed by atoms with E-state index in [0.717, 1.165) is 10.8 Å². The standard InChI is InChI=1S/C17H13N3O3/c1-10-14(9-18)15(20(17(22)23)16(21)19-10)13-7-6-11-4-2-3-5-12(11)8-13/h2-8,15H,1H3,(H,19,21)(H,22,23). The third-order valence-corrected chi connectivity index (χ3v) is 3.86. The number of hydrogen-bond donors (Lipinski definition) is 2. The Bertz CT molecular complexity index is 895. The molecule has 2 N–H and O–H groups in total. The van der Waals surface area contributed by atoms with E-state index in [-0.39, 0.29) is 5.57 Å². The molecular formula is C17H13N3O3. The van der Waals surface area contributed by atoms with Crippen molar-refractivity contribution in [3.05, 3.63) is 59.3 Å². The first kappa shape index (κ1) is 14.6.